The van der Waals surface area contributed by atoms with Crippen molar-refractivity contribution >= 4 is 5.91 Å². The zero-order chi connectivity index (χ0) is 17.2. The first-order valence-corrected chi connectivity index (χ1v) is 8.50. The van der Waals surface area contributed by atoms with Gasteiger partial charge in [-0.1, -0.05) is 31.0 Å². The Morgan fingerprint density at radius 1 is 1.29 bits per heavy atom. The Morgan fingerprint density at radius 3 is 2.62 bits per heavy atom. The van der Waals surface area contributed by atoms with Crippen LogP contribution in [0.25, 0.3) is 0 Å². The average Bonchev–Trinajstić information content (AvgIpc) is 3.15. The van der Waals surface area contributed by atoms with Gasteiger partial charge in [-0.05, 0) is 38.8 Å². The van der Waals surface area contributed by atoms with E-state index < -0.39 is 0 Å². The predicted octanol–water partition coefficient (Wildman–Crippen LogP) is 3.09. The van der Waals surface area contributed by atoms with Crippen LogP contribution in [0.2, 0.25) is 0 Å². The lowest BCUT2D eigenvalue weighted by atomic mass is 9.87. The number of nitrogens with zero attached hydrogens (tertiary/aromatic N) is 2. The van der Waals surface area contributed by atoms with Gasteiger partial charge in [-0.25, -0.2) is 0 Å². The van der Waals surface area contributed by atoms with Crippen molar-refractivity contribution in [1.29, 1.82) is 0 Å². The molecule has 1 fully saturated rings. The fraction of sp³-hybridized carbons (Fsp3) is 0.474. The van der Waals surface area contributed by atoms with Gasteiger partial charge in [0.1, 0.15) is 12.3 Å². The second-order valence-corrected chi connectivity index (χ2v) is 6.62. The van der Waals surface area contributed by atoms with E-state index in [4.69, 9.17) is 4.74 Å². The molecule has 5 nitrogen and oxygen atoms in total. The second kappa shape index (κ2) is 6.67. The highest BCUT2D eigenvalue weighted by atomic mass is 16.5. The lowest BCUT2D eigenvalue weighted by molar-refractivity contribution is -0.124. The SMILES string of the molecule is COc1ccccc1C1(NC(=O)Cn2nc(C)cc2C)CCCC1. The molecule has 1 aliphatic carbocycles. The van der Waals surface area contributed by atoms with E-state index in [1.54, 1.807) is 11.8 Å². The highest BCUT2D eigenvalue weighted by molar-refractivity contribution is 5.77. The molecule has 1 N–H and O–H groups in total. The topological polar surface area (TPSA) is 56.1 Å². The van der Waals surface area contributed by atoms with Crippen LogP contribution in [0.4, 0.5) is 0 Å². The quantitative estimate of drug-likeness (QED) is 0.918. The molecule has 1 heterocycles. The van der Waals surface area contributed by atoms with E-state index >= 15 is 0 Å². The molecular formula is C19H25N3O2. The number of aryl methyl sites for hydroxylation is 2. The number of nitrogens with one attached hydrogen (secondary N) is 1. The van der Waals surface area contributed by atoms with Crippen LogP contribution in [0, 0.1) is 13.8 Å². The molecule has 0 radical (unpaired) electrons. The van der Waals surface area contributed by atoms with Crippen molar-refractivity contribution in [1.82, 2.24) is 15.1 Å². The largest absolute Gasteiger partial charge is 0.496 e. The molecule has 1 saturated carbocycles. The fourth-order valence-electron chi connectivity index (χ4n) is 3.76. The van der Waals surface area contributed by atoms with E-state index in [0.29, 0.717) is 0 Å². The summed E-state index contributed by atoms with van der Waals surface area (Å²) in [5, 5.41) is 7.67. The molecular weight excluding hydrogens is 302 g/mol. The van der Waals surface area contributed by atoms with Crippen LogP contribution >= 0.6 is 0 Å². The molecule has 0 saturated heterocycles. The third-order valence-corrected chi connectivity index (χ3v) is 4.86. The number of ether oxygens (including phenoxy) is 1. The summed E-state index contributed by atoms with van der Waals surface area (Å²) in [7, 11) is 1.68. The molecule has 128 valence electrons. The number of hydrogen-bond acceptors (Lipinski definition) is 3. The van der Waals surface area contributed by atoms with Crippen molar-refractivity contribution in [3.05, 3.63) is 47.3 Å². The molecule has 0 bridgehead atoms. The lowest BCUT2D eigenvalue weighted by Gasteiger charge is -2.32. The summed E-state index contributed by atoms with van der Waals surface area (Å²) < 4.78 is 7.30. The Morgan fingerprint density at radius 2 is 2.00 bits per heavy atom. The van der Waals surface area contributed by atoms with Crippen LogP contribution < -0.4 is 10.1 Å². The minimum atomic E-state index is -0.334. The summed E-state index contributed by atoms with van der Waals surface area (Å²) in [4.78, 5) is 12.7. The first-order chi connectivity index (χ1) is 11.5. The molecule has 24 heavy (non-hydrogen) atoms. The van der Waals surface area contributed by atoms with Crippen LogP contribution in [0.15, 0.2) is 30.3 Å². The van der Waals surface area contributed by atoms with Gasteiger partial charge in [0.15, 0.2) is 0 Å². The molecule has 2 aromatic rings. The molecule has 1 aliphatic rings. The second-order valence-electron chi connectivity index (χ2n) is 6.62. The Kier molecular flexibility index (Phi) is 4.60. The summed E-state index contributed by atoms with van der Waals surface area (Å²) in [6, 6.07) is 9.98. The lowest BCUT2D eigenvalue weighted by Crippen LogP contribution is -2.45. The van der Waals surface area contributed by atoms with Crippen molar-refractivity contribution in [2.24, 2.45) is 0 Å². The standard InChI is InChI=1S/C19H25N3O2/c1-14-12-15(2)22(21-14)13-18(23)20-19(10-6-7-11-19)16-8-4-5-9-17(16)24-3/h4-5,8-9,12H,6-7,10-11,13H2,1-3H3,(H,20,23). The van der Waals surface area contributed by atoms with E-state index in [0.717, 1.165) is 48.4 Å². The number of hydrogen-bond donors (Lipinski definition) is 1. The Balaban J connectivity index is 1.83. The number of methoxy groups -OCH3 is 1. The van der Waals surface area contributed by atoms with Gasteiger partial charge >= 0.3 is 0 Å². The molecule has 5 heteroatoms. The predicted molar refractivity (Wildman–Crippen MR) is 93.0 cm³/mol. The number of amides is 1. The number of carbonyl (C=O) groups excluding carboxylic acids is 1. The smallest absolute Gasteiger partial charge is 0.242 e. The van der Waals surface area contributed by atoms with Gasteiger partial charge < -0.3 is 10.1 Å². The summed E-state index contributed by atoms with van der Waals surface area (Å²) >= 11 is 0. The van der Waals surface area contributed by atoms with E-state index in [2.05, 4.69) is 16.5 Å². The monoisotopic (exact) mass is 327 g/mol. The maximum atomic E-state index is 12.7. The zero-order valence-corrected chi connectivity index (χ0v) is 14.6. The summed E-state index contributed by atoms with van der Waals surface area (Å²) in [6.45, 7) is 4.16. The summed E-state index contributed by atoms with van der Waals surface area (Å²) in [6.07, 6.45) is 4.10. The van der Waals surface area contributed by atoms with E-state index in [1.807, 2.05) is 38.1 Å². The van der Waals surface area contributed by atoms with Gasteiger partial charge in [-0.2, -0.15) is 5.10 Å². The summed E-state index contributed by atoms with van der Waals surface area (Å²) in [5.74, 6) is 0.833. The molecule has 3 rings (SSSR count). The van der Waals surface area contributed by atoms with E-state index in [1.165, 1.54) is 0 Å². The van der Waals surface area contributed by atoms with Gasteiger partial charge in [-0.3, -0.25) is 9.48 Å². The van der Waals surface area contributed by atoms with E-state index in [9.17, 15) is 4.79 Å². The zero-order valence-electron chi connectivity index (χ0n) is 14.6. The van der Waals surface area contributed by atoms with Gasteiger partial charge in [0.2, 0.25) is 5.91 Å². The van der Waals surface area contributed by atoms with Gasteiger partial charge in [0, 0.05) is 11.3 Å². The van der Waals surface area contributed by atoms with Crippen LogP contribution in [0.5, 0.6) is 5.75 Å². The number of benzene rings is 1. The van der Waals surface area contributed by atoms with Crippen LogP contribution in [0.3, 0.4) is 0 Å². The Bertz CT molecular complexity index is 730. The minimum Gasteiger partial charge on any atom is -0.496 e. The maximum absolute atomic E-state index is 12.7. The van der Waals surface area contributed by atoms with Crippen molar-refractivity contribution < 1.29 is 9.53 Å². The molecule has 0 atom stereocenters. The first-order valence-electron chi connectivity index (χ1n) is 8.50. The van der Waals surface area contributed by atoms with Gasteiger partial charge in [0.05, 0.1) is 18.3 Å². The van der Waals surface area contributed by atoms with Gasteiger partial charge in [-0.15, -0.1) is 0 Å². The van der Waals surface area contributed by atoms with Gasteiger partial charge in [0.25, 0.3) is 0 Å². The van der Waals surface area contributed by atoms with E-state index in [-0.39, 0.29) is 18.0 Å². The molecule has 0 unspecified atom stereocenters. The molecule has 0 aliphatic heterocycles. The average molecular weight is 327 g/mol. The maximum Gasteiger partial charge on any atom is 0.242 e. The number of aromatic nitrogens is 2. The van der Waals surface area contributed by atoms with Crippen molar-refractivity contribution in [2.45, 2.75) is 51.6 Å². The third-order valence-electron chi connectivity index (χ3n) is 4.86. The molecule has 1 amide bonds. The number of rotatable bonds is 5. The van der Waals surface area contributed by atoms with Crippen LogP contribution in [-0.2, 0) is 16.9 Å². The molecule has 0 spiro atoms. The first kappa shape index (κ1) is 16.6. The highest BCUT2D eigenvalue weighted by Crippen LogP contribution is 2.42. The minimum absolute atomic E-state index is 0.00555. The Hall–Kier alpha value is -2.30. The number of carbonyl (C=O) groups is 1. The normalized spacial score (nSPS) is 16.1. The van der Waals surface area contributed by atoms with Crippen LogP contribution in [0.1, 0.15) is 42.6 Å². The van der Waals surface area contributed by atoms with Crippen molar-refractivity contribution in [3.8, 4) is 5.75 Å². The van der Waals surface area contributed by atoms with Crippen LogP contribution in [-0.4, -0.2) is 22.8 Å². The third kappa shape index (κ3) is 3.16. The fourth-order valence-corrected chi connectivity index (χ4v) is 3.76. The summed E-state index contributed by atoms with van der Waals surface area (Å²) in [5.41, 5.74) is 2.67. The van der Waals surface area contributed by atoms with Crippen molar-refractivity contribution in [3.63, 3.8) is 0 Å². The molecule has 1 aromatic carbocycles. The molecule has 1 aromatic heterocycles. The highest BCUT2D eigenvalue weighted by Gasteiger charge is 2.39. The van der Waals surface area contributed by atoms with Crippen molar-refractivity contribution in [2.75, 3.05) is 7.11 Å². The Labute approximate surface area is 143 Å². The number of para-hydroxylation sites is 1.